The third-order valence-corrected chi connectivity index (χ3v) is 3.34. The maximum atomic E-state index is 12.5. The van der Waals surface area contributed by atoms with Gasteiger partial charge in [0.15, 0.2) is 0 Å². The molecule has 0 aromatic heterocycles. The first-order valence-corrected chi connectivity index (χ1v) is 6.57. The Labute approximate surface area is 125 Å². The van der Waals surface area contributed by atoms with Crippen LogP contribution in [0.1, 0.15) is 11.1 Å². The smallest absolute Gasteiger partial charge is 0.397 e. The van der Waals surface area contributed by atoms with Crippen LogP contribution >= 0.6 is 11.6 Å². The largest absolute Gasteiger partial charge is 0.416 e. The zero-order valence-electron chi connectivity index (χ0n) is 11.3. The lowest BCUT2D eigenvalue weighted by atomic mass is 10.1. The summed E-state index contributed by atoms with van der Waals surface area (Å²) in [6.45, 7) is 0.433. The Hall–Kier alpha value is -1.88. The maximum absolute atomic E-state index is 12.5. The molecule has 2 aromatic carbocycles. The van der Waals surface area contributed by atoms with Crippen LogP contribution in [0.2, 0.25) is 5.02 Å². The molecular formula is C15H14ClF3N2. The number of nitrogens with zero attached hydrogens (tertiary/aromatic N) is 1. The summed E-state index contributed by atoms with van der Waals surface area (Å²) < 4.78 is 37.5. The molecule has 0 saturated carbocycles. The van der Waals surface area contributed by atoms with E-state index in [0.29, 0.717) is 17.3 Å². The molecule has 21 heavy (non-hydrogen) atoms. The number of nitrogen functional groups attached to an aromatic ring is 1. The molecule has 0 radical (unpaired) electrons. The molecule has 0 aliphatic rings. The van der Waals surface area contributed by atoms with Gasteiger partial charge in [-0.2, -0.15) is 13.2 Å². The summed E-state index contributed by atoms with van der Waals surface area (Å²) in [4.78, 5) is 1.84. The highest BCUT2D eigenvalue weighted by molar-refractivity contribution is 6.31. The van der Waals surface area contributed by atoms with E-state index in [-0.39, 0.29) is 0 Å². The maximum Gasteiger partial charge on any atom is 0.416 e. The van der Waals surface area contributed by atoms with Crippen molar-refractivity contribution in [3.8, 4) is 0 Å². The zero-order valence-corrected chi connectivity index (χ0v) is 12.0. The molecule has 2 nitrogen and oxygen atoms in total. The summed E-state index contributed by atoms with van der Waals surface area (Å²) in [5.74, 6) is 0. The first-order valence-electron chi connectivity index (χ1n) is 6.19. The molecule has 0 spiro atoms. The Morgan fingerprint density at radius 1 is 1.10 bits per heavy atom. The van der Waals surface area contributed by atoms with E-state index >= 15 is 0 Å². The third-order valence-electron chi connectivity index (χ3n) is 3.10. The van der Waals surface area contributed by atoms with Crippen LogP contribution in [0.3, 0.4) is 0 Å². The lowest BCUT2D eigenvalue weighted by Crippen LogP contribution is -2.18. The molecule has 6 heteroatoms. The van der Waals surface area contributed by atoms with E-state index in [1.165, 1.54) is 12.1 Å². The van der Waals surface area contributed by atoms with Gasteiger partial charge >= 0.3 is 6.18 Å². The lowest BCUT2D eigenvalue weighted by molar-refractivity contribution is -0.137. The Balaban J connectivity index is 2.16. The van der Waals surface area contributed by atoms with Gasteiger partial charge in [0.2, 0.25) is 0 Å². The molecule has 0 atom stereocenters. The highest BCUT2D eigenvalue weighted by Crippen LogP contribution is 2.30. The standard InChI is InChI=1S/C15H14ClF3N2/c1-21(14-8-12(16)6-7-13(14)20)9-10-2-4-11(5-3-10)15(17,18)19/h2-8H,9,20H2,1H3. The molecule has 112 valence electrons. The fraction of sp³-hybridized carbons (Fsp3) is 0.200. The summed E-state index contributed by atoms with van der Waals surface area (Å²) in [5, 5.41) is 0.554. The second-order valence-electron chi connectivity index (χ2n) is 4.75. The molecule has 0 heterocycles. The molecule has 0 amide bonds. The van der Waals surface area contributed by atoms with Crippen molar-refractivity contribution < 1.29 is 13.2 Å². The number of halogens is 4. The van der Waals surface area contributed by atoms with Crippen molar-refractivity contribution in [2.24, 2.45) is 0 Å². The molecule has 0 unspecified atom stereocenters. The minimum absolute atomic E-state index is 0.433. The normalized spacial score (nSPS) is 11.5. The SMILES string of the molecule is CN(Cc1ccc(C(F)(F)F)cc1)c1cc(Cl)ccc1N. The van der Waals surface area contributed by atoms with Crippen molar-refractivity contribution in [2.45, 2.75) is 12.7 Å². The minimum Gasteiger partial charge on any atom is -0.397 e. The molecule has 0 fully saturated rings. The molecule has 2 N–H and O–H groups in total. The van der Waals surface area contributed by atoms with Gasteiger partial charge in [-0.15, -0.1) is 0 Å². The van der Waals surface area contributed by atoms with E-state index in [2.05, 4.69) is 0 Å². The summed E-state index contributed by atoms with van der Waals surface area (Å²) in [6.07, 6.45) is -4.32. The van der Waals surface area contributed by atoms with Crippen molar-refractivity contribution >= 4 is 23.0 Å². The lowest BCUT2D eigenvalue weighted by Gasteiger charge is -2.21. The van der Waals surface area contributed by atoms with E-state index in [1.807, 2.05) is 4.90 Å². The van der Waals surface area contributed by atoms with Crippen molar-refractivity contribution in [1.82, 2.24) is 0 Å². The van der Waals surface area contributed by atoms with Crippen LogP contribution in [0.5, 0.6) is 0 Å². The molecular weight excluding hydrogens is 301 g/mol. The molecule has 0 saturated heterocycles. The fourth-order valence-electron chi connectivity index (χ4n) is 2.01. The number of hydrogen-bond donors (Lipinski definition) is 1. The average Bonchev–Trinajstić information content (AvgIpc) is 2.41. The number of rotatable bonds is 3. The first kappa shape index (κ1) is 15.5. The van der Waals surface area contributed by atoms with E-state index in [1.54, 1.807) is 25.2 Å². The zero-order chi connectivity index (χ0) is 15.6. The summed E-state index contributed by atoms with van der Waals surface area (Å²) in [7, 11) is 1.81. The van der Waals surface area contributed by atoms with Gasteiger partial charge in [-0.3, -0.25) is 0 Å². The van der Waals surface area contributed by atoms with Gasteiger partial charge in [0.25, 0.3) is 0 Å². The van der Waals surface area contributed by atoms with E-state index in [9.17, 15) is 13.2 Å². The van der Waals surface area contributed by atoms with Gasteiger partial charge in [-0.05, 0) is 35.9 Å². The van der Waals surface area contributed by atoms with Gasteiger partial charge in [0.05, 0.1) is 16.9 Å². The van der Waals surface area contributed by atoms with Crippen LogP contribution in [0.25, 0.3) is 0 Å². The second kappa shape index (κ2) is 5.85. The number of nitrogens with two attached hydrogens (primary N) is 1. The predicted molar refractivity (Wildman–Crippen MR) is 79.4 cm³/mol. The number of anilines is 2. The van der Waals surface area contributed by atoms with E-state index in [4.69, 9.17) is 17.3 Å². The Morgan fingerprint density at radius 3 is 2.29 bits per heavy atom. The van der Waals surface area contributed by atoms with Crippen LogP contribution < -0.4 is 10.6 Å². The van der Waals surface area contributed by atoms with Crippen LogP contribution in [-0.4, -0.2) is 7.05 Å². The Kier molecular flexibility index (Phi) is 4.32. The molecule has 2 aromatic rings. The Bertz CT molecular complexity index is 624. The van der Waals surface area contributed by atoms with Gasteiger partial charge < -0.3 is 10.6 Å². The summed E-state index contributed by atoms with van der Waals surface area (Å²) >= 11 is 5.93. The van der Waals surface area contributed by atoms with Gasteiger partial charge in [0, 0.05) is 18.6 Å². The highest BCUT2D eigenvalue weighted by atomic mass is 35.5. The first-order chi connectivity index (χ1) is 9.77. The van der Waals surface area contributed by atoms with Crippen LogP contribution in [0.15, 0.2) is 42.5 Å². The molecule has 0 aliphatic heterocycles. The van der Waals surface area contributed by atoms with Crippen LogP contribution in [0, 0.1) is 0 Å². The highest BCUT2D eigenvalue weighted by Gasteiger charge is 2.29. The molecule has 0 bridgehead atoms. The quantitative estimate of drug-likeness (QED) is 0.840. The molecule has 2 rings (SSSR count). The Morgan fingerprint density at radius 2 is 1.71 bits per heavy atom. The van der Waals surface area contributed by atoms with E-state index in [0.717, 1.165) is 23.4 Å². The van der Waals surface area contributed by atoms with Crippen LogP contribution in [0.4, 0.5) is 24.5 Å². The van der Waals surface area contributed by atoms with Crippen molar-refractivity contribution in [1.29, 1.82) is 0 Å². The average molecular weight is 315 g/mol. The summed E-state index contributed by atoms with van der Waals surface area (Å²) in [6, 6.07) is 10.2. The number of benzene rings is 2. The predicted octanol–water partition coefficient (Wildman–Crippen LogP) is 4.58. The summed E-state index contributed by atoms with van der Waals surface area (Å²) in [5.41, 5.74) is 7.28. The topological polar surface area (TPSA) is 29.3 Å². The van der Waals surface area contributed by atoms with Crippen LogP contribution in [-0.2, 0) is 12.7 Å². The fourth-order valence-corrected chi connectivity index (χ4v) is 2.17. The van der Waals surface area contributed by atoms with Crippen molar-refractivity contribution in [3.63, 3.8) is 0 Å². The van der Waals surface area contributed by atoms with Crippen molar-refractivity contribution in [2.75, 3.05) is 17.7 Å². The number of alkyl halides is 3. The van der Waals surface area contributed by atoms with Gasteiger partial charge in [-0.1, -0.05) is 23.7 Å². The third kappa shape index (κ3) is 3.82. The van der Waals surface area contributed by atoms with Crippen molar-refractivity contribution in [3.05, 3.63) is 58.6 Å². The van der Waals surface area contributed by atoms with Gasteiger partial charge in [-0.25, -0.2) is 0 Å². The minimum atomic E-state index is -4.32. The second-order valence-corrected chi connectivity index (χ2v) is 5.19. The number of hydrogen-bond acceptors (Lipinski definition) is 2. The van der Waals surface area contributed by atoms with E-state index < -0.39 is 11.7 Å². The van der Waals surface area contributed by atoms with Gasteiger partial charge in [0.1, 0.15) is 0 Å². The monoisotopic (exact) mass is 314 g/mol. The molecule has 0 aliphatic carbocycles.